The number of carbonyl (C=O) groups is 1. The van der Waals surface area contributed by atoms with Crippen molar-refractivity contribution in [3.8, 4) is 0 Å². The first-order chi connectivity index (χ1) is 8.69. The van der Waals surface area contributed by atoms with Crippen molar-refractivity contribution in [3.63, 3.8) is 0 Å². The highest BCUT2D eigenvalue weighted by molar-refractivity contribution is 5.93. The Morgan fingerprint density at radius 3 is 2.67 bits per heavy atom. The van der Waals surface area contributed by atoms with E-state index in [9.17, 15) is 4.79 Å². The quantitative estimate of drug-likeness (QED) is 0.426. The number of nitrogens with zero attached hydrogens (tertiary/aromatic N) is 3. The minimum atomic E-state index is -0.311. The predicted molar refractivity (Wildman–Crippen MR) is 68.7 cm³/mol. The van der Waals surface area contributed by atoms with E-state index in [0.29, 0.717) is 5.56 Å². The van der Waals surface area contributed by atoms with Gasteiger partial charge in [0.15, 0.2) is 0 Å². The van der Waals surface area contributed by atoms with E-state index in [1.165, 1.54) is 0 Å². The maximum Gasteiger partial charge on any atom is 0.266 e. The number of likely N-dealkylation sites (N-methyl/N-ethyl adjacent to an activating group) is 1. The molecule has 1 amide bonds. The number of piperazine rings is 1. The van der Waals surface area contributed by atoms with Crippen LogP contribution in [0.4, 0.5) is 0 Å². The molecule has 1 aromatic heterocycles. The highest BCUT2D eigenvalue weighted by Gasteiger charge is 2.14. The van der Waals surface area contributed by atoms with Gasteiger partial charge in [0.05, 0.1) is 11.3 Å². The molecule has 1 fully saturated rings. The molecule has 0 aromatic carbocycles. The fourth-order valence-corrected chi connectivity index (χ4v) is 1.97. The van der Waals surface area contributed by atoms with E-state index < -0.39 is 0 Å². The summed E-state index contributed by atoms with van der Waals surface area (Å²) in [6.07, 6.45) is 1.56. The second-order valence-electron chi connectivity index (χ2n) is 4.59. The van der Waals surface area contributed by atoms with Gasteiger partial charge in [0.2, 0.25) is 0 Å². The lowest BCUT2D eigenvalue weighted by atomic mass is 10.2. The van der Waals surface area contributed by atoms with Gasteiger partial charge in [-0.25, -0.2) is 5.84 Å². The molecule has 3 N–H and O–H groups in total. The monoisotopic (exact) mass is 249 g/mol. The zero-order valence-electron chi connectivity index (χ0n) is 10.6. The van der Waals surface area contributed by atoms with Crippen molar-refractivity contribution >= 4 is 5.91 Å². The topological polar surface area (TPSA) is 74.5 Å². The summed E-state index contributed by atoms with van der Waals surface area (Å²) in [4.78, 5) is 20.2. The second kappa shape index (κ2) is 5.90. The smallest absolute Gasteiger partial charge is 0.266 e. The van der Waals surface area contributed by atoms with Crippen LogP contribution >= 0.6 is 0 Å². The summed E-state index contributed by atoms with van der Waals surface area (Å²) >= 11 is 0. The van der Waals surface area contributed by atoms with Crippen LogP contribution in [0, 0.1) is 0 Å². The van der Waals surface area contributed by atoms with Gasteiger partial charge in [0.1, 0.15) is 0 Å². The lowest BCUT2D eigenvalue weighted by Gasteiger charge is -2.32. The van der Waals surface area contributed by atoms with Gasteiger partial charge in [0.25, 0.3) is 5.91 Å². The molecule has 1 aromatic rings. The first kappa shape index (κ1) is 12.9. The first-order valence-electron chi connectivity index (χ1n) is 6.06. The molecule has 0 aliphatic carbocycles. The van der Waals surface area contributed by atoms with Crippen molar-refractivity contribution < 1.29 is 4.79 Å². The van der Waals surface area contributed by atoms with Gasteiger partial charge in [-0.1, -0.05) is 0 Å². The van der Waals surface area contributed by atoms with Crippen molar-refractivity contribution in [2.75, 3.05) is 33.2 Å². The molecule has 1 aliphatic heterocycles. The molecule has 6 nitrogen and oxygen atoms in total. The molecule has 2 rings (SSSR count). The van der Waals surface area contributed by atoms with Crippen molar-refractivity contribution in [3.05, 3.63) is 29.6 Å². The Morgan fingerprint density at radius 1 is 1.39 bits per heavy atom. The molecular formula is C12H19N5O. The molecule has 0 bridgehead atoms. The second-order valence-corrected chi connectivity index (χ2v) is 4.59. The van der Waals surface area contributed by atoms with Gasteiger partial charge in [-0.05, 0) is 19.2 Å². The number of nitrogens with one attached hydrogen (secondary N) is 1. The summed E-state index contributed by atoms with van der Waals surface area (Å²) in [6.45, 7) is 5.13. The summed E-state index contributed by atoms with van der Waals surface area (Å²) in [5, 5.41) is 0. The molecule has 6 heteroatoms. The third-order valence-corrected chi connectivity index (χ3v) is 3.20. The number of hydrogen-bond acceptors (Lipinski definition) is 5. The number of nitrogens with two attached hydrogens (primary N) is 1. The number of nitrogen functional groups attached to an aromatic ring is 1. The fourth-order valence-electron chi connectivity index (χ4n) is 1.97. The van der Waals surface area contributed by atoms with Crippen LogP contribution in [0.5, 0.6) is 0 Å². The molecular weight excluding hydrogens is 230 g/mol. The Bertz CT molecular complexity index is 397. The van der Waals surface area contributed by atoms with Crippen LogP contribution in [0.15, 0.2) is 18.3 Å². The highest BCUT2D eigenvalue weighted by atomic mass is 16.2. The molecule has 0 radical (unpaired) electrons. The largest absolute Gasteiger partial charge is 0.304 e. The Kier molecular flexibility index (Phi) is 4.24. The number of aromatic nitrogens is 1. The van der Waals surface area contributed by atoms with E-state index >= 15 is 0 Å². The third kappa shape index (κ3) is 3.25. The van der Waals surface area contributed by atoms with Crippen LogP contribution < -0.4 is 11.3 Å². The molecule has 0 unspecified atom stereocenters. The van der Waals surface area contributed by atoms with Crippen molar-refractivity contribution in [2.24, 2.45) is 5.84 Å². The van der Waals surface area contributed by atoms with E-state index in [0.717, 1.165) is 38.4 Å². The summed E-state index contributed by atoms with van der Waals surface area (Å²) in [7, 11) is 2.13. The summed E-state index contributed by atoms with van der Waals surface area (Å²) in [5.74, 6) is 4.75. The average molecular weight is 249 g/mol. The molecule has 2 heterocycles. The van der Waals surface area contributed by atoms with Gasteiger partial charge in [0, 0.05) is 38.9 Å². The number of amides is 1. The van der Waals surface area contributed by atoms with Gasteiger partial charge >= 0.3 is 0 Å². The average Bonchev–Trinajstić information content (AvgIpc) is 2.41. The molecule has 98 valence electrons. The van der Waals surface area contributed by atoms with E-state index in [4.69, 9.17) is 5.84 Å². The maximum absolute atomic E-state index is 11.3. The lowest BCUT2D eigenvalue weighted by Crippen LogP contribution is -2.44. The molecule has 0 saturated carbocycles. The van der Waals surface area contributed by atoms with Crippen molar-refractivity contribution in [1.29, 1.82) is 0 Å². The minimum Gasteiger partial charge on any atom is -0.304 e. The van der Waals surface area contributed by atoms with Crippen LogP contribution in [0.2, 0.25) is 0 Å². The van der Waals surface area contributed by atoms with E-state index in [1.807, 2.05) is 6.07 Å². The van der Waals surface area contributed by atoms with Gasteiger partial charge in [-0.2, -0.15) is 0 Å². The van der Waals surface area contributed by atoms with E-state index in [2.05, 4.69) is 27.3 Å². The molecule has 0 atom stereocenters. The van der Waals surface area contributed by atoms with E-state index in [-0.39, 0.29) is 5.91 Å². The third-order valence-electron chi connectivity index (χ3n) is 3.20. The standard InChI is InChI=1S/C12H19N5O/c1-16-4-6-17(7-5-16)9-11-3-2-10(8-14-11)12(18)15-13/h2-3,8H,4-7,9,13H2,1H3,(H,15,18). The Labute approximate surface area is 107 Å². The number of hydrazine groups is 1. The van der Waals surface area contributed by atoms with Crippen LogP contribution in [0.1, 0.15) is 16.1 Å². The van der Waals surface area contributed by atoms with Gasteiger partial charge in [-0.15, -0.1) is 0 Å². The van der Waals surface area contributed by atoms with Crippen LogP contribution in [0.3, 0.4) is 0 Å². The number of rotatable bonds is 3. The molecule has 0 spiro atoms. The van der Waals surface area contributed by atoms with Crippen LogP contribution in [-0.2, 0) is 6.54 Å². The zero-order valence-corrected chi connectivity index (χ0v) is 10.6. The Balaban J connectivity index is 1.92. The normalized spacial score (nSPS) is 17.7. The van der Waals surface area contributed by atoms with Crippen LogP contribution in [0.25, 0.3) is 0 Å². The minimum absolute atomic E-state index is 0.311. The van der Waals surface area contributed by atoms with Crippen LogP contribution in [-0.4, -0.2) is 53.9 Å². The van der Waals surface area contributed by atoms with Crippen molar-refractivity contribution in [1.82, 2.24) is 20.2 Å². The summed E-state index contributed by atoms with van der Waals surface area (Å²) < 4.78 is 0. The number of pyridine rings is 1. The highest BCUT2D eigenvalue weighted by Crippen LogP contribution is 2.06. The first-order valence-corrected chi connectivity index (χ1v) is 6.06. The molecule has 1 saturated heterocycles. The number of carbonyl (C=O) groups excluding carboxylic acids is 1. The summed E-state index contributed by atoms with van der Waals surface area (Å²) in [5.41, 5.74) is 3.56. The van der Waals surface area contributed by atoms with E-state index in [1.54, 1.807) is 12.3 Å². The van der Waals surface area contributed by atoms with Gasteiger partial charge < -0.3 is 4.90 Å². The fraction of sp³-hybridized carbons (Fsp3) is 0.500. The maximum atomic E-state index is 11.3. The Hall–Kier alpha value is -1.50. The molecule has 1 aliphatic rings. The lowest BCUT2D eigenvalue weighted by molar-refractivity contribution is 0.0953. The predicted octanol–water partition coefficient (Wildman–Crippen LogP) is -0.567. The van der Waals surface area contributed by atoms with Gasteiger partial charge in [-0.3, -0.25) is 20.1 Å². The Morgan fingerprint density at radius 2 is 2.11 bits per heavy atom. The van der Waals surface area contributed by atoms with Crippen molar-refractivity contribution in [2.45, 2.75) is 6.54 Å². The molecule has 18 heavy (non-hydrogen) atoms. The zero-order chi connectivity index (χ0) is 13.0. The summed E-state index contributed by atoms with van der Waals surface area (Å²) in [6, 6.07) is 3.63. The SMILES string of the molecule is CN1CCN(Cc2ccc(C(=O)NN)cn2)CC1. The number of hydrogen-bond donors (Lipinski definition) is 2.